The van der Waals surface area contributed by atoms with Gasteiger partial charge in [-0.1, -0.05) is 0 Å². The van der Waals surface area contributed by atoms with Gasteiger partial charge in [-0.05, 0) is 13.8 Å². The quantitative estimate of drug-likeness (QED) is 0.312. The van der Waals surface area contributed by atoms with Crippen LogP contribution in [-0.4, -0.2) is 55.6 Å². The molecule has 6 nitrogen and oxygen atoms in total. The van der Waals surface area contributed by atoms with Gasteiger partial charge in [0.25, 0.3) is 0 Å². The molecule has 0 rings (SSSR count). The average Bonchev–Trinajstić information content (AvgIpc) is 2.39. The third kappa shape index (κ3) is 8.80. The van der Waals surface area contributed by atoms with Gasteiger partial charge in [-0.3, -0.25) is 4.57 Å². The zero-order valence-electron chi connectivity index (χ0n) is 12.1. The highest BCUT2D eigenvalue weighted by molar-refractivity contribution is 7.53. The second-order valence-corrected chi connectivity index (χ2v) is 6.57. The molecule has 0 bridgehead atoms. The monoisotopic (exact) mass is 350 g/mol. The third-order valence-corrected chi connectivity index (χ3v) is 4.49. The van der Waals surface area contributed by atoms with E-state index in [1.54, 1.807) is 0 Å². The maximum atomic E-state index is 12.3. The van der Waals surface area contributed by atoms with Crippen molar-refractivity contribution in [2.75, 3.05) is 44.7 Å². The van der Waals surface area contributed by atoms with Crippen LogP contribution in [0.25, 0.3) is 0 Å². The minimum Gasteiger partial charge on any atom is -0.353 e. The predicted octanol–water partition coefficient (Wildman–Crippen LogP) is 2.64. The first-order valence-electron chi connectivity index (χ1n) is 6.65. The van der Waals surface area contributed by atoms with E-state index in [1.807, 2.05) is 13.8 Å². The fraction of sp³-hybridized carbons (Fsp3) is 1.00. The lowest BCUT2D eigenvalue weighted by molar-refractivity contribution is -0.142. The fourth-order valence-corrected chi connectivity index (χ4v) is 3.47. The standard InChI is InChI=1S/C11H25Cl2N2O4P/c1-3-17-11(18-4-2)5-10-19-20(14,16)15(8-6-12)9-7-13/h11H,3-10H2,1-2H3,(H2,14,16). The second-order valence-electron chi connectivity index (χ2n) is 3.86. The number of ether oxygens (including phenoxy) is 2. The maximum Gasteiger partial charge on any atom is 0.340 e. The first-order chi connectivity index (χ1) is 9.51. The number of alkyl halides is 2. The lowest BCUT2D eigenvalue weighted by Crippen LogP contribution is -2.30. The van der Waals surface area contributed by atoms with Crippen LogP contribution >= 0.6 is 30.9 Å². The van der Waals surface area contributed by atoms with Crippen LogP contribution in [0.15, 0.2) is 0 Å². The molecule has 9 heteroatoms. The second kappa shape index (κ2) is 12.2. The summed E-state index contributed by atoms with van der Waals surface area (Å²) in [7, 11) is -3.38. The number of rotatable bonds is 13. The fourth-order valence-electron chi connectivity index (χ4n) is 1.53. The topological polar surface area (TPSA) is 74.0 Å². The molecule has 0 saturated carbocycles. The molecular formula is C11H25Cl2N2O4P. The number of nitrogens with zero attached hydrogens (tertiary/aromatic N) is 1. The molecule has 0 saturated heterocycles. The Morgan fingerprint density at radius 1 is 1.15 bits per heavy atom. The summed E-state index contributed by atoms with van der Waals surface area (Å²) in [6, 6.07) is 0. The van der Waals surface area contributed by atoms with Crippen LogP contribution in [-0.2, 0) is 18.6 Å². The summed E-state index contributed by atoms with van der Waals surface area (Å²) in [5.74, 6) is 0.615. The van der Waals surface area contributed by atoms with Crippen molar-refractivity contribution in [3.05, 3.63) is 0 Å². The Morgan fingerprint density at radius 3 is 2.05 bits per heavy atom. The molecule has 0 aliphatic carbocycles. The van der Waals surface area contributed by atoms with Gasteiger partial charge in [0.15, 0.2) is 6.29 Å². The Labute approximate surface area is 131 Å². The Morgan fingerprint density at radius 2 is 1.65 bits per heavy atom. The molecule has 0 aliphatic rings. The van der Waals surface area contributed by atoms with Gasteiger partial charge in [0.1, 0.15) is 0 Å². The van der Waals surface area contributed by atoms with E-state index >= 15 is 0 Å². The van der Waals surface area contributed by atoms with E-state index in [1.165, 1.54) is 4.67 Å². The van der Waals surface area contributed by atoms with Gasteiger partial charge in [-0.2, -0.15) is 0 Å². The van der Waals surface area contributed by atoms with Crippen molar-refractivity contribution in [1.29, 1.82) is 0 Å². The summed E-state index contributed by atoms with van der Waals surface area (Å²) < 4.78 is 29.8. The SMILES string of the molecule is CCOC(CCOP(N)(=O)N(CCCl)CCCl)OCC. The van der Waals surface area contributed by atoms with Crippen molar-refractivity contribution in [2.45, 2.75) is 26.6 Å². The molecule has 0 aliphatic heterocycles. The molecule has 1 atom stereocenters. The molecule has 20 heavy (non-hydrogen) atoms. The largest absolute Gasteiger partial charge is 0.353 e. The summed E-state index contributed by atoms with van der Waals surface area (Å²) in [5.41, 5.74) is 5.73. The van der Waals surface area contributed by atoms with Crippen LogP contribution in [0, 0.1) is 0 Å². The van der Waals surface area contributed by atoms with E-state index in [2.05, 4.69) is 0 Å². The molecule has 2 N–H and O–H groups in total. The van der Waals surface area contributed by atoms with Crippen LogP contribution in [0.2, 0.25) is 0 Å². The number of nitrogens with two attached hydrogens (primary N) is 1. The zero-order valence-corrected chi connectivity index (χ0v) is 14.5. The normalized spacial score (nSPS) is 14.9. The lowest BCUT2D eigenvalue weighted by Gasteiger charge is -2.27. The first kappa shape index (κ1) is 20.6. The van der Waals surface area contributed by atoms with Crippen LogP contribution in [0.3, 0.4) is 0 Å². The summed E-state index contributed by atoms with van der Waals surface area (Å²) in [5, 5.41) is 0. The van der Waals surface area contributed by atoms with Gasteiger partial charge in [0.2, 0.25) is 0 Å². The zero-order chi connectivity index (χ0) is 15.4. The molecule has 0 amide bonds. The van der Waals surface area contributed by atoms with Crippen LogP contribution in [0.5, 0.6) is 0 Å². The molecule has 0 aromatic carbocycles. The molecule has 0 aromatic rings. The Balaban J connectivity index is 4.26. The van der Waals surface area contributed by atoms with E-state index in [0.717, 1.165) is 0 Å². The third-order valence-electron chi connectivity index (χ3n) is 2.41. The van der Waals surface area contributed by atoms with Crippen molar-refractivity contribution in [3.8, 4) is 0 Å². The number of hydrogen-bond acceptors (Lipinski definition) is 4. The Kier molecular flexibility index (Phi) is 12.6. The molecule has 0 heterocycles. The summed E-state index contributed by atoms with van der Waals surface area (Å²) in [6.07, 6.45) is 0.0813. The average molecular weight is 351 g/mol. The Bertz CT molecular complexity index is 275. The predicted molar refractivity (Wildman–Crippen MR) is 82.4 cm³/mol. The molecule has 0 aromatic heterocycles. The van der Waals surface area contributed by atoms with Crippen molar-refractivity contribution in [2.24, 2.45) is 5.50 Å². The van der Waals surface area contributed by atoms with Gasteiger partial charge in [-0.25, -0.2) is 10.2 Å². The molecule has 0 radical (unpaired) electrons. The molecule has 0 fully saturated rings. The van der Waals surface area contributed by atoms with Crippen LogP contribution in [0.4, 0.5) is 0 Å². The van der Waals surface area contributed by atoms with E-state index in [4.69, 9.17) is 42.7 Å². The summed E-state index contributed by atoms with van der Waals surface area (Å²) in [6.45, 7) is 5.74. The van der Waals surface area contributed by atoms with Gasteiger partial charge in [0, 0.05) is 44.5 Å². The van der Waals surface area contributed by atoms with Crippen LogP contribution in [0.1, 0.15) is 20.3 Å². The van der Waals surface area contributed by atoms with Gasteiger partial charge in [-0.15, -0.1) is 23.2 Å². The highest BCUT2D eigenvalue weighted by atomic mass is 35.5. The Hall–Kier alpha value is 0.610. The molecule has 122 valence electrons. The summed E-state index contributed by atoms with van der Waals surface area (Å²) >= 11 is 11.3. The van der Waals surface area contributed by atoms with Crippen molar-refractivity contribution in [1.82, 2.24) is 4.67 Å². The molecule has 1 unspecified atom stereocenters. The lowest BCUT2D eigenvalue weighted by atomic mass is 10.4. The van der Waals surface area contributed by atoms with Crippen molar-refractivity contribution >= 4 is 30.9 Å². The van der Waals surface area contributed by atoms with Crippen molar-refractivity contribution in [3.63, 3.8) is 0 Å². The molecule has 0 spiro atoms. The smallest absolute Gasteiger partial charge is 0.340 e. The minimum atomic E-state index is -3.38. The summed E-state index contributed by atoms with van der Waals surface area (Å²) in [4.78, 5) is 0. The minimum absolute atomic E-state index is 0.180. The van der Waals surface area contributed by atoms with Gasteiger partial charge < -0.3 is 14.0 Å². The van der Waals surface area contributed by atoms with Crippen LogP contribution < -0.4 is 5.50 Å². The number of halogens is 2. The first-order valence-corrected chi connectivity index (χ1v) is 9.37. The van der Waals surface area contributed by atoms with E-state index < -0.39 is 7.67 Å². The highest BCUT2D eigenvalue weighted by Gasteiger charge is 2.26. The molecular weight excluding hydrogens is 326 g/mol. The number of hydrogen-bond donors (Lipinski definition) is 1. The maximum absolute atomic E-state index is 12.3. The van der Waals surface area contributed by atoms with Gasteiger partial charge >= 0.3 is 7.67 Å². The van der Waals surface area contributed by atoms with Crippen molar-refractivity contribution < 1.29 is 18.6 Å². The van der Waals surface area contributed by atoms with Gasteiger partial charge in [0.05, 0.1) is 6.61 Å². The van der Waals surface area contributed by atoms with E-state index in [9.17, 15) is 4.57 Å². The van der Waals surface area contributed by atoms with E-state index in [0.29, 0.717) is 44.5 Å². The van der Waals surface area contributed by atoms with E-state index in [-0.39, 0.29) is 12.9 Å². The highest BCUT2D eigenvalue weighted by Crippen LogP contribution is 2.42.